The summed E-state index contributed by atoms with van der Waals surface area (Å²) >= 11 is 0. The van der Waals surface area contributed by atoms with Gasteiger partial charge in [-0.05, 0) is 39.7 Å². The quantitative estimate of drug-likeness (QED) is 0.202. The fourth-order valence-corrected chi connectivity index (χ4v) is 2.02. The number of rotatable bonds is 11. The van der Waals surface area contributed by atoms with Crippen LogP contribution in [0.2, 0.25) is 0 Å². The van der Waals surface area contributed by atoms with Crippen molar-refractivity contribution in [1.82, 2.24) is 16.0 Å². The lowest BCUT2D eigenvalue weighted by atomic mass is 10.2. The molecule has 1 rings (SSSR count). The van der Waals surface area contributed by atoms with Crippen LogP contribution in [0.3, 0.4) is 0 Å². The van der Waals surface area contributed by atoms with Gasteiger partial charge in [-0.3, -0.25) is 9.79 Å². The van der Waals surface area contributed by atoms with Gasteiger partial charge in [0.05, 0.1) is 6.26 Å². The number of amides is 1. The van der Waals surface area contributed by atoms with Crippen molar-refractivity contribution in [3.63, 3.8) is 0 Å². The van der Waals surface area contributed by atoms with Crippen molar-refractivity contribution in [1.29, 1.82) is 0 Å². The highest BCUT2D eigenvalue weighted by molar-refractivity contribution is 14.0. The van der Waals surface area contributed by atoms with Crippen LogP contribution in [0.5, 0.6) is 0 Å². The molecule has 0 radical (unpaired) electrons. The molecule has 0 saturated heterocycles. The van der Waals surface area contributed by atoms with E-state index >= 15 is 0 Å². The summed E-state index contributed by atoms with van der Waals surface area (Å²) in [4.78, 5) is 16.4. The fraction of sp³-hybridized carbons (Fsp3) is 0.647. The van der Waals surface area contributed by atoms with E-state index in [9.17, 15) is 4.79 Å². The Morgan fingerprint density at radius 2 is 1.96 bits per heavy atom. The van der Waals surface area contributed by atoms with Crippen LogP contribution >= 0.6 is 24.0 Å². The summed E-state index contributed by atoms with van der Waals surface area (Å²) in [6.07, 6.45) is 3.23. The Kier molecular flexibility index (Phi) is 14.2. The smallest absolute Gasteiger partial charge is 0.287 e. The summed E-state index contributed by atoms with van der Waals surface area (Å²) in [5, 5.41) is 9.30. The Morgan fingerprint density at radius 1 is 1.20 bits per heavy atom. The molecule has 0 spiro atoms. The van der Waals surface area contributed by atoms with Crippen LogP contribution < -0.4 is 16.0 Å². The second kappa shape index (κ2) is 15.0. The van der Waals surface area contributed by atoms with Gasteiger partial charge in [0, 0.05) is 45.0 Å². The van der Waals surface area contributed by atoms with Crippen molar-refractivity contribution >= 4 is 35.8 Å². The van der Waals surface area contributed by atoms with Gasteiger partial charge in [-0.2, -0.15) is 0 Å². The predicted octanol–water partition coefficient (Wildman–Crippen LogP) is 2.31. The molecular formula is C17H31IN4O3. The van der Waals surface area contributed by atoms with Crippen LogP contribution in [0.4, 0.5) is 0 Å². The number of nitrogens with zero attached hydrogens (tertiary/aromatic N) is 1. The van der Waals surface area contributed by atoms with Crippen molar-refractivity contribution < 1.29 is 13.9 Å². The maximum atomic E-state index is 11.9. The molecule has 0 fully saturated rings. The summed E-state index contributed by atoms with van der Waals surface area (Å²) in [7, 11) is 0. The maximum absolute atomic E-state index is 11.9. The van der Waals surface area contributed by atoms with Crippen molar-refractivity contribution in [2.75, 3.05) is 39.4 Å². The first-order chi connectivity index (χ1) is 11.7. The molecule has 25 heavy (non-hydrogen) atoms. The van der Waals surface area contributed by atoms with Crippen molar-refractivity contribution in [3.8, 4) is 0 Å². The third kappa shape index (κ3) is 10.3. The monoisotopic (exact) mass is 466 g/mol. The van der Waals surface area contributed by atoms with E-state index in [0.717, 1.165) is 50.7 Å². The topological polar surface area (TPSA) is 87.9 Å². The second-order valence-electron chi connectivity index (χ2n) is 5.28. The Labute approximate surface area is 167 Å². The van der Waals surface area contributed by atoms with Crippen LogP contribution in [-0.4, -0.2) is 51.3 Å². The predicted molar refractivity (Wildman–Crippen MR) is 111 cm³/mol. The van der Waals surface area contributed by atoms with Gasteiger partial charge >= 0.3 is 0 Å². The summed E-state index contributed by atoms with van der Waals surface area (Å²) in [6, 6.07) is 1.78. The van der Waals surface area contributed by atoms with E-state index in [2.05, 4.69) is 20.9 Å². The number of aryl methyl sites for hydroxylation is 1. The lowest BCUT2D eigenvalue weighted by Crippen LogP contribution is -2.38. The second-order valence-corrected chi connectivity index (χ2v) is 5.28. The van der Waals surface area contributed by atoms with Crippen LogP contribution in [0.1, 0.15) is 42.8 Å². The van der Waals surface area contributed by atoms with E-state index in [1.54, 1.807) is 6.07 Å². The van der Waals surface area contributed by atoms with Crippen molar-refractivity contribution in [2.45, 2.75) is 33.6 Å². The van der Waals surface area contributed by atoms with Gasteiger partial charge in [0.15, 0.2) is 11.7 Å². The van der Waals surface area contributed by atoms with Gasteiger partial charge in [-0.1, -0.05) is 0 Å². The summed E-state index contributed by atoms with van der Waals surface area (Å²) in [5.41, 5.74) is 0.844. The number of hydrogen-bond donors (Lipinski definition) is 3. The number of ether oxygens (including phenoxy) is 1. The van der Waals surface area contributed by atoms with Crippen LogP contribution in [0, 0.1) is 6.92 Å². The normalized spacial score (nSPS) is 10.9. The summed E-state index contributed by atoms with van der Waals surface area (Å²) < 4.78 is 10.5. The van der Waals surface area contributed by atoms with E-state index in [1.807, 2.05) is 20.8 Å². The van der Waals surface area contributed by atoms with Crippen LogP contribution in [-0.2, 0) is 4.74 Å². The molecule has 0 unspecified atom stereocenters. The first-order valence-electron chi connectivity index (χ1n) is 8.61. The average Bonchev–Trinajstić information content (AvgIpc) is 3.00. The zero-order valence-corrected chi connectivity index (χ0v) is 17.7. The minimum atomic E-state index is -0.178. The molecule has 0 atom stereocenters. The molecule has 0 aliphatic carbocycles. The third-order valence-corrected chi connectivity index (χ3v) is 3.26. The summed E-state index contributed by atoms with van der Waals surface area (Å²) in [6.45, 7) is 10.2. The van der Waals surface area contributed by atoms with E-state index in [1.165, 1.54) is 6.26 Å². The van der Waals surface area contributed by atoms with Crippen molar-refractivity contribution in [3.05, 3.63) is 23.7 Å². The molecule has 1 aromatic heterocycles. The minimum Gasteiger partial charge on any atom is -0.459 e. The number of carbonyl (C=O) groups excluding carboxylic acids is 1. The van der Waals surface area contributed by atoms with E-state index in [4.69, 9.17) is 9.15 Å². The summed E-state index contributed by atoms with van der Waals surface area (Å²) in [5.74, 6) is 0.993. The molecule has 144 valence electrons. The average molecular weight is 466 g/mol. The van der Waals surface area contributed by atoms with Gasteiger partial charge in [0.2, 0.25) is 0 Å². The molecule has 0 saturated carbocycles. The standard InChI is InChI=1S/C17H30N4O3.HI/c1-4-18-17(21-11-7-12-23-5-2)20-10-6-9-19-16(22)15-14(3)8-13-24-15;/h8,13H,4-7,9-12H2,1-3H3,(H,19,22)(H2,18,20,21);1H. The van der Waals surface area contributed by atoms with Crippen LogP contribution in [0.15, 0.2) is 21.7 Å². The molecule has 3 N–H and O–H groups in total. The third-order valence-electron chi connectivity index (χ3n) is 3.26. The number of guanidine groups is 1. The molecule has 8 heteroatoms. The molecule has 1 aromatic rings. The Morgan fingerprint density at radius 3 is 2.60 bits per heavy atom. The van der Waals surface area contributed by atoms with E-state index < -0.39 is 0 Å². The number of nitrogens with one attached hydrogen (secondary N) is 3. The number of hydrogen-bond acceptors (Lipinski definition) is 4. The Balaban J connectivity index is 0.00000576. The van der Waals surface area contributed by atoms with Gasteiger partial charge in [0.25, 0.3) is 5.91 Å². The highest BCUT2D eigenvalue weighted by Crippen LogP contribution is 2.07. The van der Waals surface area contributed by atoms with E-state index in [0.29, 0.717) is 18.8 Å². The molecule has 0 aliphatic heterocycles. The number of carbonyl (C=O) groups is 1. The first-order valence-corrected chi connectivity index (χ1v) is 8.61. The molecule has 0 aliphatic rings. The largest absolute Gasteiger partial charge is 0.459 e. The van der Waals surface area contributed by atoms with Gasteiger partial charge < -0.3 is 25.1 Å². The molecule has 1 heterocycles. The van der Waals surface area contributed by atoms with Gasteiger partial charge in [-0.15, -0.1) is 24.0 Å². The number of furan rings is 1. The first kappa shape index (κ1) is 23.7. The highest BCUT2D eigenvalue weighted by atomic mass is 127. The van der Waals surface area contributed by atoms with Gasteiger partial charge in [0.1, 0.15) is 0 Å². The van der Waals surface area contributed by atoms with E-state index in [-0.39, 0.29) is 29.9 Å². The fourth-order valence-electron chi connectivity index (χ4n) is 2.02. The zero-order valence-electron chi connectivity index (χ0n) is 15.4. The Hall–Kier alpha value is -1.29. The molecule has 1 amide bonds. The molecular weight excluding hydrogens is 435 g/mol. The number of aliphatic imine (C=N–C) groups is 1. The highest BCUT2D eigenvalue weighted by Gasteiger charge is 2.11. The zero-order chi connectivity index (χ0) is 17.6. The molecule has 0 aromatic carbocycles. The van der Waals surface area contributed by atoms with Gasteiger partial charge in [-0.25, -0.2) is 0 Å². The van der Waals surface area contributed by atoms with Crippen molar-refractivity contribution in [2.24, 2.45) is 4.99 Å². The minimum absolute atomic E-state index is 0. The SMILES string of the molecule is CCNC(=NCCCNC(=O)c1occc1C)NCCCOCC.I. The lowest BCUT2D eigenvalue weighted by Gasteiger charge is -2.11. The van der Waals surface area contributed by atoms with Crippen LogP contribution in [0.25, 0.3) is 0 Å². The molecule has 7 nitrogen and oxygen atoms in total. The Bertz CT molecular complexity index is 506. The molecule has 0 bridgehead atoms. The maximum Gasteiger partial charge on any atom is 0.287 e. The lowest BCUT2D eigenvalue weighted by molar-refractivity contribution is 0.0925. The number of halogens is 1.